The highest BCUT2D eigenvalue weighted by molar-refractivity contribution is 4.97. The molecule has 1 fully saturated rings. The van der Waals surface area contributed by atoms with Gasteiger partial charge in [-0.15, -0.1) is 0 Å². The molecule has 0 amide bonds. The van der Waals surface area contributed by atoms with Crippen LogP contribution >= 0.6 is 0 Å². The molecule has 0 bridgehead atoms. The quantitative estimate of drug-likeness (QED) is 0.758. The molecule has 0 aromatic carbocycles. The third kappa shape index (κ3) is 1.72. The molecule has 4 nitrogen and oxygen atoms in total. The molecule has 7 heteroatoms. The van der Waals surface area contributed by atoms with E-state index in [2.05, 4.69) is 20.0 Å². The lowest BCUT2D eigenvalue weighted by Crippen LogP contribution is -2.14. The van der Waals surface area contributed by atoms with Gasteiger partial charge in [0.05, 0.1) is 6.04 Å². The van der Waals surface area contributed by atoms with Crippen molar-refractivity contribution in [1.82, 2.24) is 15.5 Å². The minimum absolute atomic E-state index is 0.0230. The standard InChI is InChI=1S/C7H8F3N3O/c8-7(9,10)6-12-5(14-13-6)4-2-1-3-11-4/h4,11H,1-3H2. The Kier molecular flexibility index (Phi) is 2.18. The molecule has 1 aromatic heterocycles. The number of alkyl halides is 3. The van der Waals surface area contributed by atoms with Gasteiger partial charge in [-0.05, 0) is 19.4 Å². The molecule has 1 unspecified atom stereocenters. The van der Waals surface area contributed by atoms with Gasteiger partial charge in [-0.2, -0.15) is 18.2 Å². The molecule has 0 aliphatic carbocycles. The van der Waals surface area contributed by atoms with Crippen molar-refractivity contribution in [2.75, 3.05) is 6.54 Å². The highest BCUT2D eigenvalue weighted by Crippen LogP contribution is 2.29. The molecule has 14 heavy (non-hydrogen) atoms. The Morgan fingerprint density at radius 1 is 1.43 bits per heavy atom. The first-order chi connectivity index (χ1) is 6.57. The molecule has 1 aromatic rings. The number of nitrogens with zero attached hydrogens (tertiary/aromatic N) is 2. The molecule has 0 saturated carbocycles. The molecular weight excluding hydrogens is 199 g/mol. The average molecular weight is 207 g/mol. The van der Waals surface area contributed by atoms with E-state index in [0.717, 1.165) is 19.4 Å². The van der Waals surface area contributed by atoms with Crippen LogP contribution in [0.2, 0.25) is 0 Å². The van der Waals surface area contributed by atoms with E-state index in [9.17, 15) is 13.2 Å². The van der Waals surface area contributed by atoms with E-state index in [-0.39, 0.29) is 11.9 Å². The van der Waals surface area contributed by atoms with Crippen molar-refractivity contribution in [3.8, 4) is 0 Å². The first-order valence-electron chi connectivity index (χ1n) is 4.21. The lowest BCUT2D eigenvalue weighted by atomic mass is 10.2. The monoisotopic (exact) mass is 207 g/mol. The number of aromatic nitrogens is 2. The maximum absolute atomic E-state index is 12.1. The Hall–Kier alpha value is -1.11. The number of nitrogens with one attached hydrogen (secondary N) is 1. The Bertz CT molecular complexity index is 316. The summed E-state index contributed by atoms with van der Waals surface area (Å²) in [6.45, 7) is 0.772. The van der Waals surface area contributed by atoms with E-state index in [1.165, 1.54) is 0 Å². The molecule has 1 aliphatic heterocycles. The topological polar surface area (TPSA) is 51.0 Å². The lowest BCUT2D eigenvalue weighted by molar-refractivity contribution is -0.146. The Morgan fingerprint density at radius 3 is 2.71 bits per heavy atom. The second-order valence-electron chi connectivity index (χ2n) is 3.10. The van der Waals surface area contributed by atoms with Gasteiger partial charge in [-0.25, -0.2) is 0 Å². The fourth-order valence-electron chi connectivity index (χ4n) is 1.39. The van der Waals surface area contributed by atoms with E-state index < -0.39 is 12.0 Å². The summed E-state index contributed by atoms with van der Waals surface area (Å²) in [5.74, 6) is -1.18. The third-order valence-corrected chi connectivity index (χ3v) is 2.05. The average Bonchev–Trinajstić information content (AvgIpc) is 2.73. The van der Waals surface area contributed by atoms with Gasteiger partial charge in [-0.1, -0.05) is 5.16 Å². The van der Waals surface area contributed by atoms with Crippen LogP contribution in [0, 0.1) is 0 Å². The second kappa shape index (κ2) is 3.23. The van der Waals surface area contributed by atoms with E-state index >= 15 is 0 Å². The molecule has 2 heterocycles. The normalized spacial score (nSPS) is 22.9. The fraction of sp³-hybridized carbons (Fsp3) is 0.714. The highest BCUT2D eigenvalue weighted by Gasteiger charge is 2.38. The Labute approximate surface area is 77.5 Å². The van der Waals surface area contributed by atoms with Crippen molar-refractivity contribution < 1.29 is 17.7 Å². The zero-order valence-electron chi connectivity index (χ0n) is 7.14. The van der Waals surface area contributed by atoms with E-state index in [1.54, 1.807) is 0 Å². The van der Waals surface area contributed by atoms with Gasteiger partial charge >= 0.3 is 6.18 Å². The summed E-state index contributed by atoms with van der Waals surface area (Å²) in [5, 5.41) is 5.85. The molecule has 2 rings (SSSR count). The van der Waals surface area contributed by atoms with Crippen LogP contribution in [0.25, 0.3) is 0 Å². The largest absolute Gasteiger partial charge is 0.455 e. The second-order valence-corrected chi connectivity index (χ2v) is 3.10. The molecule has 78 valence electrons. The van der Waals surface area contributed by atoms with Crippen LogP contribution in [0.15, 0.2) is 4.52 Å². The minimum Gasteiger partial charge on any atom is -0.337 e. The smallest absolute Gasteiger partial charge is 0.337 e. The number of hydrogen-bond donors (Lipinski definition) is 1. The fourth-order valence-corrected chi connectivity index (χ4v) is 1.39. The maximum Gasteiger partial charge on any atom is 0.455 e. The summed E-state index contributed by atoms with van der Waals surface area (Å²) < 4.78 is 40.8. The molecule has 1 atom stereocenters. The Balaban J connectivity index is 2.17. The lowest BCUT2D eigenvalue weighted by Gasteiger charge is -2.01. The van der Waals surface area contributed by atoms with Crippen LogP contribution < -0.4 is 5.32 Å². The van der Waals surface area contributed by atoms with Crippen LogP contribution in [0.5, 0.6) is 0 Å². The van der Waals surface area contributed by atoms with Crippen LogP contribution in [0.3, 0.4) is 0 Å². The summed E-state index contributed by atoms with van der Waals surface area (Å²) >= 11 is 0. The van der Waals surface area contributed by atoms with Gasteiger partial charge < -0.3 is 9.84 Å². The van der Waals surface area contributed by atoms with Gasteiger partial charge in [0.2, 0.25) is 5.89 Å². The summed E-state index contributed by atoms with van der Waals surface area (Å²) in [5.41, 5.74) is 0. The molecule has 1 aliphatic rings. The summed E-state index contributed by atoms with van der Waals surface area (Å²) in [7, 11) is 0. The molecule has 0 radical (unpaired) electrons. The predicted octanol–water partition coefficient (Wildman–Crippen LogP) is 1.51. The van der Waals surface area contributed by atoms with Crippen LogP contribution in [-0.2, 0) is 6.18 Å². The van der Waals surface area contributed by atoms with Crippen molar-refractivity contribution in [2.24, 2.45) is 0 Å². The zero-order chi connectivity index (χ0) is 10.2. The summed E-state index contributed by atoms with van der Waals surface area (Å²) in [6, 6.07) is -0.224. The van der Waals surface area contributed by atoms with Crippen molar-refractivity contribution in [3.63, 3.8) is 0 Å². The van der Waals surface area contributed by atoms with Crippen LogP contribution in [0.4, 0.5) is 13.2 Å². The number of rotatable bonds is 1. The van der Waals surface area contributed by atoms with Crippen molar-refractivity contribution in [1.29, 1.82) is 0 Å². The van der Waals surface area contributed by atoms with E-state index in [1.807, 2.05) is 0 Å². The van der Waals surface area contributed by atoms with Gasteiger partial charge in [0.1, 0.15) is 0 Å². The predicted molar refractivity (Wildman–Crippen MR) is 39.3 cm³/mol. The van der Waals surface area contributed by atoms with Crippen LogP contribution in [0.1, 0.15) is 30.6 Å². The number of hydrogen-bond acceptors (Lipinski definition) is 4. The minimum atomic E-state index is -4.53. The SMILES string of the molecule is FC(F)(F)c1noc(C2CCCN2)n1. The van der Waals surface area contributed by atoms with Crippen molar-refractivity contribution in [2.45, 2.75) is 25.1 Å². The van der Waals surface area contributed by atoms with Crippen LogP contribution in [-0.4, -0.2) is 16.7 Å². The van der Waals surface area contributed by atoms with E-state index in [0.29, 0.717) is 0 Å². The number of halogens is 3. The third-order valence-electron chi connectivity index (χ3n) is 2.05. The zero-order valence-corrected chi connectivity index (χ0v) is 7.14. The molecule has 0 spiro atoms. The summed E-state index contributed by atoms with van der Waals surface area (Å²) in [4.78, 5) is 3.30. The summed E-state index contributed by atoms with van der Waals surface area (Å²) in [6.07, 6.45) is -2.88. The van der Waals surface area contributed by atoms with Gasteiger partial charge in [0, 0.05) is 0 Å². The van der Waals surface area contributed by atoms with Gasteiger partial charge in [0.25, 0.3) is 5.82 Å². The maximum atomic E-state index is 12.1. The molecule has 1 saturated heterocycles. The van der Waals surface area contributed by atoms with Gasteiger partial charge in [0.15, 0.2) is 0 Å². The first kappa shape index (κ1) is 9.45. The molecular formula is C7H8F3N3O. The molecule has 1 N–H and O–H groups in total. The highest BCUT2D eigenvalue weighted by atomic mass is 19.4. The van der Waals surface area contributed by atoms with E-state index in [4.69, 9.17) is 0 Å². The van der Waals surface area contributed by atoms with Gasteiger partial charge in [-0.3, -0.25) is 0 Å². The van der Waals surface area contributed by atoms with Crippen molar-refractivity contribution >= 4 is 0 Å². The Morgan fingerprint density at radius 2 is 2.21 bits per heavy atom. The van der Waals surface area contributed by atoms with Crippen molar-refractivity contribution in [3.05, 3.63) is 11.7 Å². The first-order valence-corrected chi connectivity index (χ1v) is 4.21.